The second-order valence-electron chi connectivity index (χ2n) is 4.41. The van der Waals surface area contributed by atoms with Crippen LogP contribution in [0.2, 0.25) is 0 Å². The number of nitro groups is 1. The van der Waals surface area contributed by atoms with Crippen LogP contribution in [-0.2, 0) is 6.54 Å². The number of piperidine rings is 1. The molecule has 0 aliphatic carbocycles. The minimum absolute atomic E-state index is 0.161. The highest BCUT2D eigenvalue weighted by Crippen LogP contribution is 2.23. The molecule has 0 amide bonds. The van der Waals surface area contributed by atoms with E-state index in [-0.39, 0.29) is 10.6 Å². The van der Waals surface area contributed by atoms with Crippen LogP contribution in [0.5, 0.6) is 0 Å². The third-order valence-corrected chi connectivity index (χ3v) is 3.59. The summed E-state index contributed by atoms with van der Waals surface area (Å²) in [5.41, 5.74) is 4.14. The first-order valence-corrected chi connectivity index (χ1v) is 6.87. The first-order valence-electron chi connectivity index (χ1n) is 6.08. The molecular weight excluding hydrogens is 298 g/mol. The van der Waals surface area contributed by atoms with E-state index in [1.165, 1.54) is 19.3 Å². The van der Waals surface area contributed by atoms with Crippen molar-refractivity contribution in [2.45, 2.75) is 25.8 Å². The molecule has 1 N–H and O–H groups in total. The first-order chi connectivity index (χ1) is 8.66. The van der Waals surface area contributed by atoms with E-state index in [2.05, 4.69) is 26.4 Å². The number of rotatable bonds is 4. The molecule has 18 heavy (non-hydrogen) atoms. The number of hydrogen-bond donors (Lipinski definition) is 1. The summed E-state index contributed by atoms with van der Waals surface area (Å²) in [5, 5.41) is 13.1. The second-order valence-corrected chi connectivity index (χ2v) is 5.33. The summed E-state index contributed by atoms with van der Waals surface area (Å²) in [5.74, 6) is 0. The van der Waals surface area contributed by atoms with Crippen molar-refractivity contribution in [3.05, 3.63) is 38.3 Å². The fourth-order valence-corrected chi connectivity index (χ4v) is 2.45. The van der Waals surface area contributed by atoms with Gasteiger partial charge in [0.15, 0.2) is 0 Å². The van der Waals surface area contributed by atoms with Crippen molar-refractivity contribution in [3.63, 3.8) is 0 Å². The van der Waals surface area contributed by atoms with Crippen LogP contribution in [0.3, 0.4) is 0 Å². The van der Waals surface area contributed by atoms with Crippen LogP contribution in [-0.4, -0.2) is 23.0 Å². The predicted molar refractivity (Wildman–Crippen MR) is 73.1 cm³/mol. The zero-order valence-corrected chi connectivity index (χ0v) is 11.6. The number of halogens is 1. The van der Waals surface area contributed by atoms with E-state index in [1.54, 1.807) is 12.1 Å². The van der Waals surface area contributed by atoms with E-state index >= 15 is 0 Å². The van der Waals surface area contributed by atoms with Crippen molar-refractivity contribution in [3.8, 4) is 0 Å². The standard InChI is InChI=1S/C12H16BrN3O2/c13-11-5-4-10(12(8-11)16(17)18)9-14-15-6-2-1-3-7-15/h4-5,8,14H,1-3,6-7,9H2. The number of nitrogens with one attached hydrogen (secondary N) is 1. The van der Waals surface area contributed by atoms with E-state index in [0.29, 0.717) is 12.1 Å². The van der Waals surface area contributed by atoms with Crippen molar-refractivity contribution in [1.82, 2.24) is 10.4 Å². The van der Waals surface area contributed by atoms with Gasteiger partial charge in [0.1, 0.15) is 0 Å². The van der Waals surface area contributed by atoms with E-state index in [4.69, 9.17) is 0 Å². The Bertz CT molecular complexity index is 433. The molecule has 5 nitrogen and oxygen atoms in total. The summed E-state index contributed by atoms with van der Waals surface area (Å²) in [6.07, 6.45) is 3.65. The highest BCUT2D eigenvalue weighted by molar-refractivity contribution is 9.10. The smallest absolute Gasteiger partial charge is 0.258 e. The van der Waals surface area contributed by atoms with Gasteiger partial charge < -0.3 is 0 Å². The molecular formula is C12H16BrN3O2. The van der Waals surface area contributed by atoms with Crippen molar-refractivity contribution in [2.24, 2.45) is 0 Å². The Kier molecular flexibility index (Phi) is 4.68. The summed E-state index contributed by atoms with van der Waals surface area (Å²) < 4.78 is 0.732. The van der Waals surface area contributed by atoms with Crippen LogP contribution in [0.1, 0.15) is 24.8 Å². The highest BCUT2D eigenvalue weighted by atomic mass is 79.9. The van der Waals surface area contributed by atoms with Crippen LogP contribution >= 0.6 is 15.9 Å². The molecule has 2 rings (SSSR count). The normalized spacial score (nSPS) is 16.7. The molecule has 1 aliphatic rings. The molecule has 1 heterocycles. The molecule has 0 atom stereocenters. The van der Waals surface area contributed by atoms with Gasteiger partial charge >= 0.3 is 0 Å². The molecule has 1 aliphatic heterocycles. The monoisotopic (exact) mass is 313 g/mol. The lowest BCUT2D eigenvalue weighted by Crippen LogP contribution is -2.41. The van der Waals surface area contributed by atoms with E-state index < -0.39 is 0 Å². The van der Waals surface area contributed by atoms with Gasteiger partial charge in [0.2, 0.25) is 0 Å². The molecule has 1 fully saturated rings. The third-order valence-electron chi connectivity index (χ3n) is 3.09. The molecule has 0 bridgehead atoms. The molecule has 0 saturated carbocycles. The van der Waals surface area contributed by atoms with Gasteiger partial charge in [-0.2, -0.15) is 0 Å². The summed E-state index contributed by atoms with van der Waals surface area (Å²) in [7, 11) is 0. The molecule has 0 spiro atoms. The molecule has 6 heteroatoms. The lowest BCUT2D eigenvalue weighted by atomic mass is 10.1. The predicted octanol–water partition coefficient (Wildman–Crippen LogP) is 2.85. The van der Waals surface area contributed by atoms with E-state index in [1.807, 2.05) is 6.07 Å². The quantitative estimate of drug-likeness (QED) is 0.686. The summed E-state index contributed by atoms with van der Waals surface area (Å²) in [6.45, 7) is 2.54. The van der Waals surface area contributed by atoms with Gasteiger partial charge in [-0.25, -0.2) is 5.01 Å². The van der Waals surface area contributed by atoms with Gasteiger partial charge in [-0.15, -0.1) is 0 Å². The molecule has 0 aromatic heterocycles. The Morgan fingerprint density at radius 3 is 2.72 bits per heavy atom. The minimum Gasteiger partial charge on any atom is -0.258 e. The first kappa shape index (κ1) is 13.5. The van der Waals surface area contributed by atoms with Crippen LogP contribution in [0.15, 0.2) is 22.7 Å². The number of hydrogen-bond acceptors (Lipinski definition) is 4. The average Bonchev–Trinajstić information content (AvgIpc) is 2.38. The van der Waals surface area contributed by atoms with Crippen molar-refractivity contribution >= 4 is 21.6 Å². The van der Waals surface area contributed by atoms with Gasteiger partial charge in [-0.3, -0.25) is 15.5 Å². The fraction of sp³-hybridized carbons (Fsp3) is 0.500. The molecule has 1 saturated heterocycles. The lowest BCUT2D eigenvalue weighted by molar-refractivity contribution is -0.385. The lowest BCUT2D eigenvalue weighted by Gasteiger charge is -2.27. The topological polar surface area (TPSA) is 58.4 Å². The Morgan fingerprint density at radius 2 is 2.06 bits per heavy atom. The van der Waals surface area contributed by atoms with Gasteiger partial charge in [-0.05, 0) is 25.0 Å². The summed E-state index contributed by atoms with van der Waals surface area (Å²) in [4.78, 5) is 10.6. The number of benzene rings is 1. The van der Waals surface area contributed by atoms with Gasteiger partial charge in [0.25, 0.3) is 5.69 Å². The third kappa shape index (κ3) is 3.51. The summed E-state index contributed by atoms with van der Waals surface area (Å²) >= 11 is 3.26. The molecule has 1 aromatic carbocycles. The van der Waals surface area contributed by atoms with Crippen molar-refractivity contribution in [2.75, 3.05) is 13.1 Å². The number of nitro benzene ring substituents is 1. The Hall–Kier alpha value is -0.980. The molecule has 98 valence electrons. The van der Waals surface area contributed by atoms with Gasteiger partial charge in [0.05, 0.1) is 4.92 Å². The van der Waals surface area contributed by atoms with Crippen LogP contribution in [0.4, 0.5) is 5.69 Å². The van der Waals surface area contributed by atoms with Gasteiger partial charge in [-0.1, -0.05) is 22.4 Å². The van der Waals surface area contributed by atoms with Crippen LogP contribution < -0.4 is 5.43 Å². The maximum absolute atomic E-state index is 11.0. The zero-order valence-electron chi connectivity index (χ0n) is 10.1. The highest BCUT2D eigenvalue weighted by Gasteiger charge is 2.15. The fourth-order valence-electron chi connectivity index (χ4n) is 2.11. The van der Waals surface area contributed by atoms with Crippen LogP contribution in [0.25, 0.3) is 0 Å². The maximum Gasteiger partial charge on any atom is 0.275 e. The molecule has 1 aromatic rings. The SMILES string of the molecule is O=[N+]([O-])c1cc(Br)ccc1CNN1CCCCC1. The second kappa shape index (κ2) is 6.26. The van der Waals surface area contributed by atoms with Gasteiger partial charge in [0, 0.05) is 35.7 Å². The average molecular weight is 314 g/mol. The maximum atomic E-state index is 11.0. The minimum atomic E-state index is -0.335. The van der Waals surface area contributed by atoms with Crippen LogP contribution in [0, 0.1) is 10.1 Å². The molecule has 0 unspecified atom stereocenters. The van der Waals surface area contributed by atoms with E-state index in [9.17, 15) is 10.1 Å². The zero-order chi connectivity index (χ0) is 13.0. The van der Waals surface area contributed by atoms with E-state index in [0.717, 1.165) is 17.6 Å². The Balaban J connectivity index is 2.01. The summed E-state index contributed by atoms with van der Waals surface area (Å²) in [6, 6.07) is 5.17. The largest absolute Gasteiger partial charge is 0.275 e. The Morgan fingerprint density at radius 1 is 1.33 bits per heavy atom. The Labute approximate surface area is 114 Å². The number of hydrazine groups is 1. The van der Waals surface area contributed by atoms with Crippen molar-refractivity contribution < 1.29 is 4.92 Å². The molecule has 0 radical (unpaired) electrons. The number of nitrogens with zero attached hydrogens (tertiary/aromatic N) is 2. The van der Waals surface area contributed by atoms with Crippen molar-refractivity contribution in [1.29, 1.82) is 0 Å².